The van der Waals surface area contributed by atoms with Crippen molar-refractivity contribution in [3.8, 4) is 5.75 Å². The van der Waals surface area contributed by atoms with Gasteiger partial charge in [0.25, 0.3) is 0 Å². The summed E-state index contributed by atoms with van der Waals surface area (Å²) in [5, 5.41) is 10.5. The Kier molecular flexibility index (Phi) is 3.28. The predicted octanol–water partition coefficient (Wildman–Crippen LogP) is 2.85. The molecule has 2 aromatic rings. The second kappa shape index (κ2) is 4.87. The van der Waals surface area contributed by atoms with E-state index in [2.05, 4.69) is 0 Å². The van der Waals surface area contributed by atoms with Crippen LogP contribution in [0.5, 0.6) is 5.75 Å². The van der Waals surface area contributed by atoms with E-state index >= 15 is 0 Å². The zero-order valence-corrected chi connectivity index (χ0v) is 9.84. The van der Waals surface area contributed by atoms with Gasteiger partial charge in [0.2, 0.25) is 0 Å². The summed E-state index contributed by atoms with van der Waals surface area (Å²) in [5.41, 5.74) is 0.210. The lowest BCUT2D eigenvalue weighted by atomic mass is 10.1. The second-order valence-corrected chi connectivity index (χ2v) is 3.86. The average Bonchev–Trinajstić information content (AvgIpc) is 2.37. The van der Waals surface area contributed by atoms with Gasteiger partial charge in [-0.1, -0.05) is 19.1 Å². The molecule has 2 rings (SSSR count). The van der Waals surface area contributed by atoms with Crippen molar-refractivity contribution in [1.29, 1.82) is 0 Å². The molecule has 0 atom stereocenters. The fourth-order valence-corrected chi connectivity index (χ4v) is 1.62. The molecule has 4 heteroatoms. The SMILES string of the molecule is CCC(=O)Oc1ccc2ccc(C(=O)O)cc2c1. The Bertz CT molecular complexity index is 616. The number of carboxylic acids is 1. The van der Waals surface area contributed by atoms with Crippen molar-refractivity contribution in [3.05, 3.63) is 42.0 Å². The molecular formula is C14H12O4. The van der Waals surface area contributed by atoms with Gasteiger partial charge in [0.1, 0.15) is 5.75 Å². The van der Waals surface area contributed by atoms with Gasteiger partial charge in [-0.2, -0.15) is 0 Å². The van der Waals surface area contributed by atoms with Crippen LogP contribution < -0.4 is 4.74 Å². The van der Waals surface area contributed by atoms with Gasteiger partial charge in [-0.15, -0.1) is 0 Å². The van der Waals surface area contributed by atoms with Crippen LogP contribution in [0.25, 0.3) is 10.8 Å². The van der Waals surface area contributed by atoms with Crippen molar-refractivity contribution in [1.82, 2.24) is 0 Å². The topological polar surface area (TPSA) is 63.6 Å². The van der Waals surface area contributed by atoms with E-state index in [0.29, 0.717) is 12.2 Å². The summed E-state index contributed by atoms with van der Waals surface area (Å²) in [6.07, 6.45) is 0.299. The molecule has 0 saturated carbocycles. The third-order valence-corrected chi connectivity index (χ3v) is 2.58. The minimum Gasteiger partial charge on any atom is -0.478 e. The minimum atomic E-state index is -0.979. The highest BCUT2D eigenvalue weighted by Crippen LogP contribution is 2.22. The van der Waals surface area contributed by atoms with Crippen LogP contribution in [0.3, 0.4) is 0 Å². The molecule has 0 bridgehead atoms. The molecule has 0 amide bonds. The largest absolute Gasteiger partial charge is 0.478 e. The Morgan fingerprint density at radius 3 is 2.50 bits per heavy atom. The highest BCUT2D eigenvalue weighted by molar-refractivity contribution is 5.94. The first-order chi connectivity index (χ1) is 8.60. The molecule has 0 spiro atoms. The number of carboxylic acid groups (broad SMARTS) is 1. The van der Waals surface area contributed by atoms with Crippen molar-refractivity contribution in [2.75, 3.05) is 0 Å². The van der Waals surface area contributed by atoms with E-state index < -0.39 is 5.97 Å². The quantitative estimate of drug-likeness (QED) is 0.666. The van der Waals surface area contributed by atoms with Crippen LogP contribution in [-0.2, 0) is 4.79 Å². The summed E-state index contributed by atoms with van der Waals surface area (Å²) in [6.45, 7) is 1.71. The molecular weight excluding hydrogens is 232 g/mol. The predicted molar refractivity (Wildman–Crippen MR) is 66.8 cm³/mol. The molecule has 1 N–H and O–H groups in total. The number of hydrogen-bond acceptors (Lipinski definition) is 3. The van der Waals surface area contributed by atoms with Crippen molar-refractivity contribution < 1.29 is 19.4 Å². The van der Waals surface area contributed by atoms with Crippen LogP contribution in [0.1, 0.15) is 23.7 Å². The van der Waals surface area contributed by atoms with Crippen LogP contribution in [0, 0.1) is 0 Å². The lowest BCUT2D eigenvalue weighted by Gasteiger charge is -2.05. The maximum Gasteiger partial charge on any atom is 0.335 e. The van der Waals surface area contributed by atoms with Crippen LogP contribution in [0.4, 0.5) is 0 Å². The monoisotopic (exact) mass is 244 g/mol. The molecule has 0 unspecified atom stereocenters. The summed E-state index contributed by atoms with van der Waals surface area (Å²) in [7, 11) is 0. The molecule has 4 nitrogen and oxygen atoms in total. The Hall–Kier alpha value is -2.36. The van der Waals surface area contributed by atoms with Crippen molar-refractivity contribution in [2.24, 2.45) is 0 Å². The zero-order chi connectivity index (χ0) is 13.1. The number of fused-ring (bicyclic) bond motifs is 1. The van der Waals surface area contributed by atoms with Crippen LogP contribution in [0.2, 0.25) is 0 Å². The van der Waals surface area contributed by atoms with Crippen molar-refractivity contribution in [3.63, 3.8) is 0 Å². The Labute approximate surface area is 104 Å². The summed E-state index contributed by atoms with van der Waals surface area (Å²) < 4.78 is 5.09. The first-order valence-electron chi connectivity index (χ1n) is 5.58. The van der Waals surface area contributed by atoms with Gasteiger partial charge in [0, 0.05) is 6.42 Å². The number of carbonyl (C=O) groups is 2. The van der Waals surface area contributed by atoms with E-state index in [1.807, 2.05) is 0 Å². The van der Waals surface area contributed by atoms with Crippen molar-refractivity contribution >= 4 is 22.7 Å². The smallest absolute Gasteiger partial charge is 0.335 e. The van der Waals surface area contributed by atoms with Gasteiger partial charge in [-0.05, 0) is 35.0 Å². The summed E-state index contributed by atoms with van der Waals surface area (Å²) in [6, 6.07) is 9.97. The van der Waals surface area contributed by atoms with Crippen LogP contribution >= 0.6 is 0 Å². The van der Waals surface area contributed by atoms with E-state index in [9.17, 15) is 9.59 Å². The molecule has 0 aromatic heterocycles. The number of ether oxygens (including phenoxy) is 1. The first kappa shape index (κ1) is 12.1. The molecule has 0 fully saturated rings. The van der Waals surface area contributed by atoms with E-state index in [4.69, 9.17) is 9.84 Å². The van der Waals surface area contributed by atoms with E-state index in [-0.39, 0.29) is 11.5 Å². The maximum atomic E-state index is 11.2. The van der Waals surface area contributed by atoms with Crippen LogP contribution in [-0.4, -0.2) is 17.0 Å². The standard InChI is InChI=1S/C14H12O4/c1-2-13(15)18-12-6-5-9-3-4-10(14(16)17)7-11(9)8-12/h3-8H,2H2,1H3,(H,16,17). The van der Waals surface area contributed by atoms with Crippen molar-refractivity contribution in [2.45, 2.75) is 13.3 Å². The molecule has 0 heterocycles. The maximum absolute atomic E-state index is 11.2. The first-order valence-corrected chi connectivity index (χ1v) is 5.58. The Morgan fingerprint density at radius 1 is 1.11 bits per heavy atom. The highest BCUT2D eigenvalue weighted by atomic mass is 16.5. The fraction of sp³-hybridized carbons (Fsp3) is 0.143. The number of esters is 1. The molecule has 0 radical (unpaired) electrons. The lowest BCUT2D eigenvalue weighted by molar-refractivity contribution is -0.134. The third kappa shape index (κ3) is 2.48. The van der Waals surface area contributed by atoms with E-state index in [1.165, 1.54) is 0 Å². The molecule has 18 heavy (non-hydrogen) atoms. The van der Waals surface area contributed by atoms with Gasteiger partial charge in [0.15, 0.2) is 0 Å². The molecule has 2 aromatic carbocycles. The van der Waals surface area contributed by atoms with E-state index in [0.717, 1.165) is 10.8 Å². The fourth-order valence-electron chi connectivity index (χ4n) is 1.62. The third-order valence-electron chi connectivity index (χ3n) is 2.58. The lowest BCUT2D eigenvalue weighted by Crippen LogP contribution is -2.05. The Morgan fingerprint density at radius 2 is 1.83 bits per heavy atom. The average molecular weight is 244 g/mol. The Balaban J connectivity index is 2.42. The number of aromatic carboxylic acids is 1. The number of rotatable bonds is 3. The van der Waals surface area contributed by atoms with Gasteiger partial charge in [0.05, 0.1) is 5.56 Å². The molecule has 0 aliphatic heterocycles. The second-order valence-electron chi connectivity index (χ2n) is 3.86. The van der Waals surface area contributed by atoms with Gasteiger partial charge in [-0.25, -0.2) is 4.79 Å². The highest BCUT2D eigenvalue weighted by Gasteiger charge is 2.06. The molecule has 92 valence electrons. The number of benzene rings is 2. The normalized spacial score (nSPS) is 10.3. The summed E-state index contributed by atoms with van der Waals surface area (Å²) >= 11 is 0. The number of carbonyl (C=O) groups excluding carboxylic acids is 1. The summed E-state index contributed by atoms with van der Waals surface area (Å²) in [5.74, 6) is -0.867. The van der Waals surface area contributed by atoms with Gasteiger partial charge in [-0.3, -0.25) is 4.79 Å². The molecule has 0 aliphatic rings. The molecule has 0 saturated heterocycles. The zero-order valence-electron chi connectivity index (χ0n) is 9.84. The van der Waals surface area contributed by atoms with E-state index in [1.54, 1.807) is 43.3 Å². The number of hydrogen-bond donors (Lipinski definition) is 1. The minimum absolute atomic E-state index is 0.210. The van der Waals surface area contributed by atoms with Gasteiger partial charge < -0.3 is 9.84 Å². The van der Waals surface area contributed by atoms with Gasteiger partial charge >= 0.3 is 11.9 Å². The molecule has 0 aliphatic carbocycles. The summed E-state index contributed by atoms with van der Waals surface area (Å²) in [4.78, 5) is 22.0. The van der Waals surface area contributed by atoms with Crippen LogP contribution in [0.15, 0.2) is 36.4 Å².